The van der Waals surface area contributed by atoms with Crippen LogP contribution < -0.4 is 0 Å². The van der Waals surface area contributed by atoms with E-state index in [1.807, 2.05) is 0 Å². The van der Waals surface area contributed by atoms with Crippen LogP contribution in [0, 0.1) is 11.3 Å². The van der Waals surface area contributed by atoms with Gasteiger partial charge in [0.2, 0.25) is 0 Å². The molecule has 0 aliphatic rings. The lowest BCUT2D eigenvalue weighted by molar-refractivity contribution is -0.137. The van der Waals surface area contributed by atoms with E-state index in [0.717, 1.165) is 12.8 Å². The summed E-state index contributed by atoms with van der Waals surface area (Å²) in [5.41, 5.74) is 0.240. The van der Waals surface area contributed by atoms with Gasteiger partial charge in [0.05, 0.1) is 0 Å². The van der Waals surface area contributed by atoms with Crippen molar-refractivity contribution >= 4 is 5.97 Å². The Morgan fingerprint density at radius 1 is 1.42 bits per heavy atom. The highest BCUT2D eigenvalue weighted by Crippen LogP contribution is 2.31. The first-order chi connectivity index (χ1) is 5.38. The molecule has 2 heteroatoms. The Morgan fingerprint density at radius 2 is 1.92 bits per heavy atom. The lowest BCUT2D eigenvalue weighted by Crippen LogP contribution is -2.20. The zero-order valence-corrected chi connectivity index (χ0v) is 8.55. The van der Waals surface area contributed by atoms with Gasteiger partial charge in [0.1, 0.15) is 0 Å². The molecule has 0 aromatic rings. The van der Waals surface area contributed by atoms with Crippen LogP contribution in [-0.2, 0) is 4.79 Å². The second-order valence-corrected chi connectivity index (χ2v) is 4.40. The summed E-state index contributed by atoms with van der Waals surface area (Å²) in [6.07, 6.45) is 2.17. The standard InChI is InChI=1S/C10H20O2/c1-5-8(10(2,3)4)6-7-9(11)12/h8H,5-7H2,1-4H3,(H,11,12). The van der Waals surface area contributed by atoms with Gasteiger partial charge >= 0.3 is 5.97 Å². The Kier molecular flexibility index (Phi) is 4.29. The molecular formula is C10H20O2. The van der Waals surface area contributed by atoms with Crippen molar-refractivity contribution in [2.45, 2.75) is 47.0 Å². The molecule has 72 valence electrons. The quantitative estimate of drug-likeness (QED) is 0.708. The molecule has 2 nitrogen and oxygen atoms in total. The number of rotatable bonds is 4. The predicted molar refractivity (Wildman–Crippen MR) is 50.1 cm³/mol. The summed E-state index contributed by atoms with van der Waals surface area (Å²) >= 11 is 0. The van der Waals surface area contributed by atoms with Crippen molar-refractivity contribution in [3.8, 4) is 0 Å². The fourth-order valence-electron chi connectivity index (χ4n) is 1.55. The second-order valence-electron chi connectivity index (χ2n) is 4.40. The van der Waals surface area contributed by atoms with Gasteiger partial charge in [-0.1, -0.05) is 34.1 Å². The first-order valence-electron chi connectivity index (χ1n) is 4.59. The molecular weight excluding hydrogens is 152 g/mol. The van der Waals surface area contributed by atoms with Gasteiger partial charge in [-0.25, -0.2) is 0 Å². The van der Waals surface area contributed by atoms with Gasteiger partial charge in [0.25, 0.3) is 0 Å². The Balaban J connectivity index is 3.92. The van der Waals surface area contributed by atoms with Crippen LogP contribution in [0.4, 0.5) is 0 Å². The second kappa shape index (κ2) is 4.48. The number of hydrogen-bond acceptors (Lipinski definition) is 1. The normalized spacial score (nSPS) is 14.3. The molecule has 0 bridgehead atoms. The minimum absolute atomic E-state index is 0.240. The van der Waals surface area contributed by atoms with E-state index >= 15 is 0 Å². The van der Waals surface area contributed by atoms with Crippen LogP contribution in [0.3, 0.4) is 0 Å². The Labute approximate surface area is 75.0 Å². The summed E-state index contributed by atoms with van der Waals surface area (Å²) in [5, 5.41) is 8.52. The highest BCUT2D eigenvalue weighted by atomic mass is 16.4. The predicted octanol–water partition coefficient (Wildman–Crippen LogP) is 2.92. The molecule has 1 unspecified atom stereocenters. The van der Waals surface area contributed by atoms with Gasteiger partial charge in [-0.3, -0.25) is 4.79 Å². The summed E-state index contributed by atoms with van der Waals surface area (Å²) in [4.78, 5) is 10.3. The minimum Gasteiger partial charge on any atom is -0.481 e. The van der Waals surface area contributed by atoms with E-state index in [9.17, 15) is 4.79 Å². The third kappa shape index (κ3) is 4.37. The van der Waals surface area contributed by atoms with Crippen molar-refractivity contribution < 1.29 is 9.90 Å². The summed E-state index contributed by atoms with van der Waals surface area (Å²) in [6.45, 7) is 8.63. The molecule has 0 radical (unpaired) electrons. The first kappa shape index (κ1) is 11.5. The summed E-state index contributed by atoms with van der Waals surface area (Å²) in [6, 6.07) is 0. The monoisotopic (exact) mass is 172 g/mol. The van der Waals surface area contributed by atoms with Crippen molar-refractivity contribution in [2.75, 3.05) is 0 Å². The fourth-order valence-corrected chi connectivity index (χ4v) is 1.55. The Morgan fingerprint density at radius 3 is 2.17 bits per heavy atom. The molecule has 0 amide bonds. The number of carbonyl (C=O) groups is 1. The molecule has 0 aromatic carbocycles. The largest absolute Gasteiger partial charge is 0.481 e. The zero-order chi connectivity index (χ0) is 9.78. The van der Waals surface area contributed by atoms with Crippen LogP contribution in [-0.4, -0.2) is 11.1 Å². The third-order valence-corrected chi connectivity index (χ3v) is 2.42. The summed E-state index contributed by atoms with van der Waals surface area (Å²) < 4.78 is 0. The molecule has 0 heterocycles. The molecule has 0 saturated carbocycles. The van der Waals surface area contributed by atoms with E-state index in [4.69, 9.17) is 5.11 Å². The van der Waals surface area contributed by atoms with E-state index in [-0.39, 0.29) is 5.41 Å². The Bertz CT molecular complexity index is 144. The van der Waals surface area contributed by atoms with Crippen molar-refractivity contribution in [3.63, 3.8) is 0 Å². The molecule has 0 aromatic heterocycles. The summed E-state index contributed by atoms with van der Waals surface area (Å²) in [7, 11) is 0. The van der Waals surface area contributed by atoms with Crippen LogP contribution in [0.15, 0.2) is 0 Å². The van der Waals surface area contributed by atoms with E-state index < -0.39 is 5.97 Å². The summed E-state index contributed by atoms with van der Waals surface area (Å²) in [5.74, 6) is -0.161. The first-order valence-corrected chi connectivity index (χ1v) is 4.59. The molecule has 0 saturated heterocycles. The van der Waals surface area contributed by atoms with Gasteiger partial charge < -0.3 is 5.11 Å². The average molecular weight is 172 g/mol. The number of aliphatic carboxylic acids is 1. The van der Waals surface area contributed by atoms with Crippen LogP contribution in [0.2, 0.25) is 0 Å². The van der Waals surface area contributed by atoms with E-state index in [2.05, 4.69) is 27.7 Å². The number of hydrogen-bond donors (Lipinski definition) is 1. The molecule has 0 spiro atoms. The van der Waals surface area contributed by atoms with Crippen LogP contribution >= 0.6 is 0 Å². The molecule has 0 fully saturated rings. The van der Waals surface area contributed by atoms with Gasteiger partial charge in [-0.15, -0.1) is 0 Å². The van der Waals surface area contributed by atoms with Gasteiger partial charge in [0, 0.05) is 6.42 Å². The Hall–Kier alpha value is -0.530. The van der Waals surface area contributed by atoms with Crippen molar-refractivity contribution in [1.29, 1.82) is 0 Å². The third-order valence-electron chi connectivity index (χ3n) is 2.42. The fraction of sp³-hybridized carbons (Fsp3) is 0.900. The van der Waals surface area contributed by atoms with Gasteiger partial charge in [0.15, 0.2) is 0 Å². The smallest absolute Gasteiger partial charge is 0.303 e. The van der Waals surface area contributed by atoms with E-state index in [1.165, 1.54) is 0 Å². The number of carboxylic acids is 1. The highest BCUT2D eigenvalue weighted by molar-refractivity contribution is 5.66. The topological polar surface area (TPSA) is 37.3 Å². The molecule has 0 rings (SSSR count). The molecule has 0 aliphatic heterocycles. The maximum absolute atomic E-state index is 10.3. The average Bonchev–Trinajstić information content (AvgIpc) is 1.85. The van der Waals surface area contributed by atoms with Crippen LogP contribution in [0.1, 0.15) is 47.0 Å². The molecule has 0 aliphatic carbocycles. The zero-order valence-electron chi connectivity index (χ0n) is 8.55. The maximum Gasteiger partial charge on any atom is 0.303 e. The maximum atomic E-state index is 10.3. The highest BCUT2D eigenvalue weighted by Gasteiger charge is 2.22. The van der Waals surface area contributed by atoms with E-state index in [0.29, 0.717) is 12.3 Å². The van der Waals surface area contributed by atoms with Crippen LogP contribution in [0.5, 0.6) is 0 Å². The lowest BCUT2D eigenvalue weighted by Gasteiger charge is -2.29. The SMILES string of the molecule is CCC(CCC(=O)O)C(C)(C)C. The molecule has 1 atom stereocenters. The van der Waals surface area contributed by atoms with Crippen molar-refractivity contribution in [3.05, 3.63) is 0 Å². The lowest BCUT2D eigenvalue weighted by atomic mass is 9.76. The van der Waals surface area contributed by atoms with E-state index in [1.54, 1.807) is 0 Å². The minimum atomic E-state index is -0.683. The molecule has 1 N–H and O–H groups in total. The molecule has 12 heavy (non-hydrogen) atoms. The number of carboxylic acid groups (broad SMARTS) is 1. The van der Waals surface area contributed by atoms with Gasteiger partial charge in [-0.05, 0) is 17.8 Å². The van der Waals surface area contributed by atoms with Crippen molar-refractivity contribution in [1.82, 2.24) is 0 Å². The van der Waals surface area contributed by atoms with Crippen LogP contribution in [0.25, 0.3) is 0 Å². The van der Waals surface area contributed by atoms with Gasteiger partial charge in [-0.2, -0.15) is 0 Å². The van der Waals surface area contributed by atoms with Crippen molar-refractivity contribution in [2.24, 2.45) is 11.3 Å².